The molecule has 0 aromatic carbocycles. The topological polar surface area (TPSA) is 67.4 Å². The largest absolute Gasteiger partial charge is 0.453 e. The molecule has 2 N–H and O–H groups in total. The molecule has 2 amide bonds. The first kappa shape index (κ1) is 15.8. The van der Waals surface area contributed by atoms with Gasteiger partial charge in [0, 0.05) is 6.04 Å². The van der Waals surface area contributed by atoms with E-state index in [2.05, 4.69) is 22.3 Å². The number of rotatable bonds is 4. The van der Waals surface area contributed by atoms with Gasteiger partial charge >= 0.3 is 6.09 Å². The number of hydrogen-bond acceptors (Lipinski definition) is 3. The first-order valence-electron chi connectivity index (χ1n) is 7.10. The summed E-state index contributed by atoms with van der Waals surface area (Å²) in [5.74, 6) is 0.417. The second-order valence-electron chi connectivity index (χ2n) is 5.73. The van der Waals surface area contributed by atoms with Crippen molar-refractivity contribution in [3.05, 3.63) is 0 Å². The molecule has 0 heterocycles. The zero-order valence-corrected chi connectivity index (χ0v) is 12.4. The van der Waals surface area contributed by atoms with E-state index < -0.39 is 12.1 Å². The molecule has 0 saturated heterocycles. The SMILES string of the molecule is COC(=O)N[C@H](C(=O)N[C@H]1CCCC[C@@H]1C)C(C)C. The van der Waals surface area contributed by atoms with Crippen LogP contribution in [0.15, 0.2) is 0 Å². The summed E-state index contributed by atoms with van der Waals surface area (Å²) in [6.07, 6.45) is 4.01. The summed E-state index contributed by atoms with van der Waals surface area (Å²) in [7, 11) is 1.30. The zero-order valence-electron chi connectivity index (χ0n) is 12.4. The number of hydrogen-bond donors (Lipinski definition) is 2. The van der Waals surface area contributed by atoms with Crippen molar-refractivity contribution in [3.63, 3.8) is 0 Å². The van der Waals surface area contributed by atoms with E-state index in [4.69, 9.17) is 0 Å². The molecule has 0 bridgehead atoms. The highest BCUT2D eigenvalue weighted by atomic mass is 16.5. The summed E-state index contributed by atoms with van der Waals surface area (Å²) in [6, 6.07) is -0.316. The number of methoxy groups -OCH3 is 1. The van der Waals surface area contributed by atoms with E-state index in [1.165, 1.54) is 13.5 Å². The van der Waals surface area contributed by atoms with Gasteiger partial charge < -0.3 is 15.4 Å². The second-order valence-corrected chi connectivity index (χ2v) is 5.73. The van der Waals surface area contributed by atoms with Crippen molar-refractivity contribution < 1.29 is 14.3 Å². The minimum absolute atomic E-state index is 0.0259. The number of ether oxygens (including phenoxy) is 1. The number of carbonyl (C=O) groups is 2. The molecule has 1 saturated carbocycles. The van der Waals surface area contributed by atoms with E-state index in [0.717, 1.165) is 19.3 Å². The van der Waals surface area contributed by atoms with Crippen LogP contribution in [0.5, 0.6) is 0 Å². The van der Waals surface area contributed by atoms with Crippen LogP contribution in [0.2, 0.25) is 0 Å². The van der Waals surface area contributed by atoms with E-state index >= 15 is 0 Å². The molecule has 0 unspecified atom stereocenters. The third kappa shape index (κ3) is 4.73. The van der Waals surface area contributed by atoms with Gasteiger partial charge in [-0.25, -0.2) is 4.79 Å². The normalized spacial score (nSPS) is 24.7. The Morgan fingerprint density at radius 3 is 2.37 bits per heavy atom. The molecule has 1 rings (SSSR count). The standard InChI is InChI=1S/C14H26N2O3/c1-9(2)12(16-14(18)19-4)13(17)15-11-8-6-5-7-10(11)3/h9-12H,5-8H2,1-4H3,(H,15,17)(H,16,18)/t10-,11-,12-/m0/s1. The van der Waals surface area contributed by atoms with Gasteiger partial charge in [-0.2, -0.15) is 0 Å². The van der Waals surface area contributed by atoms with Crippen molar-refractivity contribution in [1.82, 2.24) is 10.6 Å². The van der Waals surface area contributed by atoms with Crippen LogP contribution < -0.4 is 10.6 Å². The maximum atomic E-state index is 12.3. The lowest BCUT2D eigenvalue weighted by molar-refractivity contribution is -0.125. The van der Waals surface area contributed by atoms with Crippen LogP contribution >= 0.6 is 0 Å². The average molecular weight is 270 g/mol. The Morgan fingerprint density at radius 1 is 1.21 bits per heavy atom. The predicted octanol–water partition coefficient (Wildman–Crippen LogP) is 2.06. The minimum atomic E-state index is -0.564. The Morgan fingerprint density at radius 2 is 1.84 bits per heavy atom. The molecule has 5 nitrogen and oxygen atoms in total. The highest BCUT2D eigenvalue weighted by Gasteiger charge is 2.29. The molecule has 0 radical (unpaired) electrons. The van der Waals surface area contributed by atoms with Crippen molar-refractivity contribution in [1.29, 1.82) is 0 Å². The van der Waals surface area contributed by atoms with Crippen molar-refractivity contribution in [2.45, 2.75) is 58.5 Å². The first-order chi connectivity index (χ1) is 8.95. The van der Waals surface area contributed by atoms with Crippen LogP contribution in [-0.2, 0) is 9.53 Å². The summed E-state index contributed by atoms with van der Waals surface area (Å²) in [6.45, 7) is 5.98. The van der Waals surface area contributed by atoms with Crippen LogP contribution in [0.4, 0.5) is 4.79 Å². The van der Waals surface area contributed by atoms with E-state index in [9.17, 15) is 9.59 Å². The fourth-order valence-electron chi connectivity index (χ4n) is 2.52. The van der Waals surface area contributed by atoms with Crippen LogP contribution in [0, 0.1) is 11.8 Å². The van der Waals surface area contributed by atoms with Crippen molar-refractivity contribution in [2.75, 3.05) is 7.11 Å². The molecule has 0 aliphatic heterocycles. The molecular formula is C14H26N2O3. The van der Waals surface area contributed by atoms with Crippen molar-refractivity contribution >= 4 is 12.0 Å². The van der Waals surface area contributed by atoms with E-state index in [0.29, 0.717) is 5.92 Å². The third-order valence-electron chi connectivity index (χ3n) is 3.85. The smallest absolute Gasteiger partial charge is 0.407 e. The summed E-state index contributed by atoms with van der Waals surface area (Å²) in [4.78, 5) is 23.5. The highest BCUT2D eigenvalue weighted by Crippen LogP contribution is 2.23. The van der Waals surface area contributed by atoms with Crippen LogP contribution in [0.1, 0.15) is 46.5 Å². The number of amides is 2. The quantitative estimate of drug-likeness (QED) is 0.821. The number of carbonyl (C=O) groups excluding carboxylic acids is 2. The maximum absolute atomic E-state index is 12.3. The molecule has 110 valence electrons. The van der Waals surface area contributed by atoms with Gasteiger partial charge in [0.15, 0.2) is 0 Å². The van der Waals surface area contributed by atoms with Crippen molar-refractivity contribution in [3.8, 4) is 0 Å². The van der Waals surface area contributed by atoms with Gasteiger partial charge in [-0.3, -0.25) is 4.79 Å². The molecule has 1 aliphatic rings. The third-order valence-corrected chi connectivity index (χ3v) is 3.85. The number of alkyl carbamates (subject to hydrolysis) is 1. The van der Waals surface area contributed by atoms with E-state index in [1.807, 2.05) is 13.8 Å². The molecule has 5 heteroatoms. The first-order valence-corrected chi connectivity index (χ1v) is 7.10. The highest BCUT2D eigenvalue weighted by molar-refractivity contribution is 5.86. The lowest BCUT2D eigenvalue weighted by Crippen LogP contribution is -2.53. The Balaban J connectivity index is 2.58. The summed E-state index contributed by atoms with van der Waals surface area (Å²) >= 11 is 0. The van der Waals surface area contributed by atoms with Gasteiger partial charge in [-0.05, 0) is 24.7 Å². The van der Waals surface area contributed by atoms with Gasteiger partial charge in [0.2, 0.25) is 5.91 Å². The molecule has 0 spiro atoms. The zero-order chi connectivity index (χ0) is 14.4. The van der Waals surface area contributed by atoms with Gasteiger partial charge in [0.25, 0.3) is 0 Å². The van der Waals surface area contributed by atoms with Crippen LogP contribution in [-0.4, -0.2) is 31.2 Å². The monoisotopic (exact) mass is 270 g/mol. The molecule has 0 aromatic heterocycles. The Bertz CT molecular complexity index is 318. The van der Waals surface area contributed by atoms with Gasteiger partial charge in [0.1, 0.15) is 6.04 Å². The fourth-order valence-corrected chi connectivity index (χ4v) is 2.52. The minimum Gasteiger partial charge on any atom is -0.453 e. The van der Waals surface area contributed by atoms with Crippen molar-refractivity contribution in [2.24, 2.45) is 11.8 Å². The lowest BCUT2D eigenvalue weighted by atomic mass is 9.85. The molecule has 1 fully saturated rings. The molecule has 0 aromatic rings. The van der Waals surface area contributed by atoms with E-state index in [-0.39, 0.29) is 17.9 Å². The molecule has 19 heavy (non-hydrogen) atoms. The predicted molar refractivity (Wildman–Crippen MR) is 73.7 cm³/mol. The number of nitrogens with one attached hydrogen (secondary N) is 2. The van der Waals surface area contributed by atoms with Crippen LogP contribution in [0.3, 0.4) is 0 Å². The fraction of sp³-hybridized carbons (Fsp3) is 0.857. The molecular weight excluding hydrogens is 244 g/mol. The Labute approximate surface area is 115 Å². The molecule has 1 aliphatic carbocycles. The average Bonchev–Trinajstić information content (AvgIpc) is 2.37. The summed E-state index contributed by atoms with van der Waals surface area (Å²) in [5.41, 5.74) is 0. The summed E-state index contributed by atoms with van der Waals surface area (Å²) < 4.78 is 4.56. The van der Waals surface area contributed by atoms with Gasteiger partial charge in [0.05, 0.1) is 7.11 Å². The Kier molecular flexibility index (Phi) is 6.12. The van der Waals surface area contributed by atoms with Gasteiger partial charge in [-0.15, -0.1) is 0 Å². The molecule has 3 atom stereocenters. The summed E-state index contributed by atoms with van der Waals surface area (Å²) in [5, 5.41) is 5.67. The maximum Gasteiger partial charge on any atom is 0.407 e. The lowest BCUT2D eigenvalue weighted by Gasteiger charge is -2.31. The van der Waals surface area contributed by atoms with Gasteiger partial charge in [-0.1, -0.05) is 33.6 Å². The van der Waals surface area contributed by atoms with E-state index in [1.54, 1.807) is 0 Å². The second kappa shape index (κ2) is 7.36. The Hall–Kier alpha value is -1.26. The van der Waals surface area contributed by atoms with Crippen LogP contribution in [0.25, 0.3) is 0 Å².